The summed E-state index contributed by atoms with van der Waals surface area (Å²) >= 11 is 0. The lowest BCUT2D eigenvalue weighted by Crippen LogP contribution is -2.30. The maximum atomic E-state index is 9.16. The van der Waals surface area contributed by atoms with E-state index in [1.807, 2.05) is 0 Å². The topological polar surface area (TPSA) is 58.9 Å². The van der Waals surface area contributed by atoms with Crippen LogP contribution in [0, 0.1) is 5.41 Å². The zero-order chi connectivity index (χ0) is 14.5. The lowest BCUT2D eigenvalue weighted by atomic mass is 9.79. The molecule has 0 unspecified atom stereocenters. The van der Waals surface area contributed by atoms with Crippen molar-refractivity contribution in [1.82, 2.24) is 0 Å². The Morgan fingerprint density at radius 3 is 2.42 bits per heavy atom. The summed E-state index contributed by atoms with van der Waals surface area (Å²) in [4.78, 5) is 0. The molecule has 0 atom stereocenters. The third-order valence-electron chi connectivity index (χ3n) is 2.86. The van der Waals surface area contributed by atoms with Crippen LogP contribution in [0.4, 0.5) is 0 Å². The van der Waals surface area contributed by atoms with Crippen molar-refractivity contribution >= 4 is 12.6 Å². The van der Waals surface area contributed by atoms with Crippen molar-refractivity contribution in [2.24, 2.45) is 5.41 Å². The van der Waals surface area contributed by atoms with Crippen molar-refractivity contribution in [3.05, 3.63) is 23.8 Å². The molecule has 2 N–H and O–H groups in total. The van der Waals surface area contributed by atoms with Crippen molar-refractivity contribution in [2.45, 2.75) is 33.8 Å². The Morgan fingerprint density at radius 1 is 1.21 bits per heavy atom. The molecule has 0 aliphatic heterocycles. The predicted molar refractivity (Wildman–Crippen MR) is 76.5 cm³/mol. The van der Waals surface area contributed by atoms with Crippen LogP contribution in [0.2, 0.25) is 0 Å². The van der Waals surface area contributed by atoms with Gasteiger partial charge in [-0.2, -0.15) is 0 Å². The molecule has 1 aromatic carbocycles. The Hall–Kier alpha value is -1.04. The smallest absolute Gasteiger partial charge is 0.488 e. The largest absolute Gasteiger partial charge is 0.496 e. The molecule has 0 bridgehead atoms. The van der Waals surface area contributed by atoms with Crippen molar-refractivity contribution in [2.75, 3.05) is 13.7 Å². The highest BCUT2D eigenvalue weighted by Gasteiger charge is 2.14. The molecule has 1 rings (SSSR count). The van der Waals surface area contributed by atoms with Crippen molar-refractivity contribution in [3.8, 4) is 5.75 Å². The summed E-state index contributed by atoms with van der Waals surface area (Å²) in [5.41, 5.74) is 1.50. The molecule has 0 amide bonds. The van der Waals surface area contributed by atoms with Gasteiger partial charge in [0.2, 0.25) is 0 Å². The standard InChI is InChI=1S/C14H23BO4/c1-14(2,3)7-8-19-10-11-9-12(15(16)17)5-6-13(11)18-4/h5-6,9,16-17H,7-8,10H2,1-4H3. The Kier molecular flexibility index (Phi) is 5.85. The molecule has 0 aliphatic rings. The molecular weight excluding hydrogens is 243 g/mol. The van der Waals surface area contributed by atoms with E-state index in [0.29, 0.717) is 24.4 Å². The fraction of sp³-hybridized carbons (Fsp3) is 0.571. The monoisotopic (exact) mass is 266 g/mol. The van der Waals surface area contributed by atoms with Gasteiger partial charge in [-0.05, 0) is 23.4 Å². The molecule has 0 saturated carbocycles. The Labute approximate surface area is 115 Å². The first kappa shape index (κ1) is 16.0. The number of hydrogen-bond acceptors (Lipinski definition) is 4. The molecule has 106 valence electrons. The molecule has 0 spiro atoms. The molecule has 19 heavy (non-hydrogen) atoms. The number of methoxy groups -OCH3 is 1. The summed E-state index contributed by atoms with van der Waals surface area (Å²) in [6.07, 6.45) is 0.970. The molecule has 0 aliphatic carbocycles. The van der Waals surface area contributed by atoms with Crippen molar-refractivity contribution in [3.63, 3.8) is 0 Å². The van der Waals surface area contributed by atoms with Crippen LogP contribution in [0.15, 0.2) is 18.2 Å². The molecule has 0 aromatic heterocycles. The van der Waals surface area contributed by atoms with Crippen LogP contribution < -0.4 is 10.2 Å². The van der Waals surface area contributed by atoms with Crippen LogP contribution in [0.25, 0.3) is 0 Å². The molecule has 5 heteroatoms. The van der Waals surface area contributed by atoms with E-state index in [1.165, 1.54) is 0 Å². The summed E-state index contributed by atoms with van der Waals surface area (Å²) in [5, 5.41) is 18.3. The minimum absolute atomic E-state index is 0.243. The second-order valence-electron chi connectivity index (χ2n) is 5.81. The van der Waals surface area contributed by atoms with E-state index in [0.717, 1.165) is 12.0 Å². The molecule has 0 radical (unpaired) electrons. The maximum Gasteiger partial charge on any atom is 0.488 e. The average molecular weight is 266 g/mol. The van der Waals surface area contributed by atoms with Gasteiger partial charge in [0.15, 0.2) is 0 Å². The molecular formula is C14H23BO4. The fourth-order valence-electron chi connectivity index (χ4n) is 1.63. The van der Waals surface area contributed by atoms with E-state index in [-0.39, 0.29) is 5.41 Å². The summed E-state index contributed by atoms with van der Waals surface area (Å²) < 4.78 is 10.9. The zero-order valence-electron chi connectivity index (χ0n) is 12.1. The van der Waals surface area contributed by atoms with Gasteiger partial charge < -0.3 is 19.5 Å². The lowest BCUT2D eigenvalue weighted by molar-refractivity contribution is 0.0948. The third kappa shape index (κ3) is 5.64. The van der Waals surface area contributed by atoms with Crippen LogP contribution in [-0.2, 0) is 11.3 Å². The summed E-state index contributed by atoms with van der Waals surface area (Å²) in [5.74, 6) is 0.695. The van der Waals surface area contributed by atoms with E-state index in [1.54, 1.807) is 25.3 Å². The molecule has 0 fully saturated rings. The van der Waals surface area contributed by atoms with Gasteiger partial charge in [-0.15, -0.1) is 0 Å². The van der Waals surface area contributed by atoms with Gasteiger partial charge in [0.1, 0.15) is 5.75 Å². The fourth-order valence-corrected chi connectivity index (χ4v) is 1.63. The average Bonchev–Trinajstić information content (AvgIpc) is 2.33. The number of ether oxygens (including phenoxy) is 2. The maximum absolute atomic E-state index is 9.16. The van der Waals surface area contributed by atoms with E-state index >= 15 is 0 Å². The molecule has 4 nitrogen and oxygen atoms in total. The van der Waals surface area contributed by atoms with Crippen LogP contribution in [-0.4, -0.2) is 30.9 Å². The quantitative estimate of drug-likeness (QED) is 0.602. The van der Waals surface area contributed by atoms with Gasteiger partial charge in [-0.3, -0.25) is 0 Å². The first-order valence-electron chi connectivity index (χ1n) is 6.44. The van der Waals surface area contributed by atoms with Gasteiger partial charge >= 0.3 is 7.12 Å². The van der Waals surface area contributed by atoms with Crippen LogP contribution in [0.1, 0.15) is 32.8 Å². The summed E-state index contributed by atoms with van der Waals surface area (Å²) in [6, 6.07) is 5.04. The van der Waals surface area contributed by atoms with E-state index in [2.05, 4.69) is 20.8 Å². The highest BCUT2D eigenvalue weighted by molar-refractivity contribution is 6.58. The van der Waals surface area contributed by atoms with Gasteiger partial charge in [-0.25, -0.2) is 0 Å². The minimum atomic E-state index is -1.47. The van der Waals surface area contributed by atoms with Crippen LogP contribution in [0.3, 0.4) is 0 Å². The summed E-state index contributed by atoms with van der Waals surface area (Å²) in [6.45, 7) is 7.57. The Balaban J connectivity index is 2.62. The van der Waals surface area contributed by atoms with Crippen LogP contribution in [0.5, 0.6) is 5.75 Å². The third-order valence-corrected chi connectivity index (χ3v) is 2.86. The van der Waals surface area contributed by atoms with Crippen LogP contribution >= 0.6 is 0 Å². The van der Waals surface area contributed by atoms with Gasteiger partial charge in [0, 0.05) is 12.2 Å². The Bertz CT molecular complexity index is 399. The van der Waals surface area contributed by atoms with Gasteiger partial charge in [-0.1, -0.05) is 32.9 Å². The minimum Gasteiger partial charge on any atom is -0.496 e. The SMILES string of the molecule is COc1ccc(B(O)O)cc1COCCC(C)(C)C. The predicted octanol–water partition coefficient (Wildman–Crippen LogP) is 1.33. The Morgan fingerprint density at radius 2 is 1.89 bits per heavy atom. The van der Waals surface area contributed by atoms with E-state index in [4.69, 9.17) is 19.5 Å². The summed E-state index contributed by atoms with van der Waals surface area (Å²) in [7, 11) is 0.113. The zero-order valence-corrected chi connectivity index (χ0v) is 12.1. The molecule has 1 aromatic rings. The van der Waals surface area contributed by atoms with Gasteiger partial charge in [0.05, 0.1) is 13.7 Å². The number of benzene rings is 1. The number of rotatable bonds is 6. The normalized spacial score (nSPS) is 11.5. The molecule has 0 saturated heterocycles. The first-order chi connectivity index (χ1) is 8.83. The molecule has 0 heterocycles. The second kappa shape index (κ2) is 6.94. The van der Waals surface area contributed by atoms with Gasteiger partial charge in [0.25, 0.3) is 0 Å². The second-order valence-corrected chi connectivity index (χ2v) is 5.81. The highest BCUT2D eigenvalue weighted by atomic mass is 16.5. The van der Waals surface area contributed by atoms with E-state index in [9.17, 15) is 0 Å². The first-order valence-corrected chi connectivity index (χ1v) is 6.44. The lowest BCUT2D eigenvalue weighted by Gasteiger charge is -2.18. The van der Waals surface area contributed by atoms with E-state index < -0.39 is 7.12 Å². The highest BCUT2D eigenvalue weighted by Crippen LogP contribution is 2.20. The van der Waals surface area contributed by atoms with Crippen molar-refractivity contribution in [1.29, 1.82) is 0 Å². The van der Waals surface area contributed by atoms with Crippen molar-refractivity contribution < 1.29 is 19.5 Å². The number of hydrogen-bond donors (Lipinski definition) is 2.